The molecule has 3 rings (SSSR count). The molecular weight excluding hydrogens is 390 g/mol. The van der Waals surface area contributed by atoms with Crippen molar-refractivity contribution in [3.63, 3.8) is 0 Å². The summed E-state index contributed by atoms with van der Waals surface area (Å²) in [6.45, 7) is 0.230. The number of nitrogens with zero attached hydrogens (tertiary/aromatic N) is 2. The average Bonchev–Trinajstić information content (AvgIpc) is 2.92. The molecule has 1 unspecified atom stereocenters. The summed E-state index contributed by atoms with van der Waals surface area (Å²) in [5, 5.41) is -0.343. The van der Waals surface area contributed by atoms with Gasteiger partial charge in [0.1, 0.15) is 10.8 Å². The van der Waals surface area contributed by atoms with E-state index in [4.69, 9.17) is 22.1 Å². The topological polar surface area (TPSA) is 85.0 Å². The van der Waals surface area contributed by atoms with Gasteiger partial charge in [0.05, 0.1) is 26.9 Å². The zero-order valence-corrected chi connectivity index (χ0v) is 14.3. The summed E-state index contributed by atoms with van der Waals surface area (Å²) >= 11 is 10.9. The Balaban J connectivity index is 2.28. The highest BCUT2D eigenvalue weighted by atomic mass is 79.9. The van der Waals surface area contributed by atoms with Gasteiger partial charge >= 0.3 is 0 Å². The van der Waals surface area contributed by atoms with Gasteiger partial charge in [0.2, 0.25) is 16.0 Å². The number of ether oxygens (including phenoxy) is 1. The van der Waals surface area contributed by atoms with Crippen LogP contribution in [0.3, 0.4) is 0 Å². The molecule has 0 radical (unpaired) electrons. The number of fused-ring (bicyclic) bond motifs is 1. The van der Waals surface area contributed by atoms with E-state index in [2.05, 4.69) is 20.9 Å². The first-order chi connectivity index (χ1) is 9.29. The van der Waals surface area contributed by atoms with Gasteiger partial charge < -0.3 is 10.5 Å². The van der Waals surface area contributed by atoms with Gasteiger partial charge in [0, 0.05) is 7.05 Å². The quantitative estimate of drug-likeness (QED) is 0.771. The predicted molar refractivity (Wildman–Crippen MR) is 81.6 cm³/mol. The van der Waals surface area contributed by atoms with E-state index in [9.17, 15) is 8.42 Å². The molecule has 6 nitrogen and oxygen atoms in total. The van der Waals surface area contributed by atoms with Crippen LogP contribution in [0.4, 0.5) is 0 Å². The van der Waals surface area contributed by atoms with E-state index in [0.717, 1.165) is 8.09 Å². The highest BCUT2D eigenvalue weighted by Gasteiger charge is 2.58. The Labute approximate surface area is 133 Å². The summed E-state index contributed by atoms with van der Waals surface area (Å²) in [5.74, 6) is -0.0488. The number of nitrogens with two attached hydrogens (primary N) is 1. The Morgan fingerprint density at radius 3 is 3.00 bits per heavy atom. The molecule has 10 heteroatoms. The molecule has 1 fully saturated rings. The molecular formula is C10H11BrClN3O3S2. The van der Waals surface area contributed by atoms with Crippen LogP contribution < -0.4 is 5.73 Å². The van der Waals surface area contributed by atoms with Crippen molar-refractivity contribution in [3.8, 4) is 0 Å². The minimum absolute atomic E-state index is 0.0488. The predicted octanol–water partition coefficient (Wildman–Crippen LogP) is 1.35. The van der Waals surface area contributed by atoms with Gasteiger partial charge in [-0.15, -0.1) is 11.3 Å². The second-order valence-electron chi connectivity index (χ2n) is 4.64. The molecule has 2 aliphatic heterocycles. The van der Waals surface area contributed by atoms with E-state index >= 15 is 0 Å². The Morgan fingerprint density at radius 1 is 1.70 bits per heavy atom. The zero-order chi connectivity index (χ0) is 14.7. The van der Waals surface area contributed by atoms with Crippen LogP contribution in [-0.4, -0.2) is 44.2 Å². The molecule has 20 heavy (non-hydrogen) atoms. The molecule has 2 N–H and O–H groups in total. The smallest absolute Gasteiger partial charge is 0.245 e. The maximum Gasteiger partial charge on any atom is 0.245 e. The molecule has 0 amide bonds. The minimum Gasteiger partial charge on any atom is -0.377 e. The maximum atomic E-state index is 12.5. The molecule has 0 spiro atoms. The minimum atomic E-state index is -3.62. The molecule has 0 aromatic carbocycles. The van der Waals surface area contributed by atoms with Gasteiger partial charge in [-0.05, 0) is 22.0 Å². The van der Waals surface area contributed by atoms with E-state index in [1.54, 1.807) is 6.07 Å². The summed E-state index contributed by atoms with van der Waals surface area (Å²) in [7, 11) is -2.23. The molecule has 1 aromatic rings. The van der Waals surface area contributed by atoms with Crippen molar-refractivity contribution in [2.24, 2.45) is 10.7 Å². The highest BCUT2D eigenvalue weighted by molar-refractivity contribution is 9.11. The Kier molecular flexibility index (Phi) is 3.33. The van der Waals surface area contributed by atoms with E-state index < -0.39 is 20.8 Å². The standard InChI is InChI=1S/C10H11BrClN3O3S2/c1-15-9(13)14-10(8-5(12)2-7(11)19-8)4-18-3-6(10)20(15,16)17/h2,6H,3-4H2,1H3,(H2,13,14)/t6?,10-/m0/s1. The van der Waals surface area contributed by atoms with Gasteiger partial charge in [0.15, 0.2) is 0 Å². The molecule has 2 aliphatic rings. The summed E-state index contributed by atoms with van der Waals surface area (Å²) in [4.78, 5) is 5.08. The third-order valence-electron chi connectivity index (χ3n) is 3.55. The van der Waals surface area contributed by atoms with Gasteiger partial charge in [-0.2, -0.15) is 0 Å². The van der Waals surface area contributed by atoms with Crippen molar-refractivity contribution in [1.29, 1.82) is 0 Å². The highest BCUT2D eigenvalue weighted by Crippen LogP contribution is 2.48. The first kappa shape index (κ1) is 14.6. The largest absolute Gasteiger partial charge is 0.377 e. The third-order valence-corrected chi connectivity index (χ3v) is 7.96. The number of hydrogen-bond donors (Lipinski definition) is 1. The van der Waals surface area contributed by atoms with Gasteiger partial charge in [0.25, 0.3) is 0 Å². The van der Waals surface area contributed by atoms with Crippen molar-refractivity contribution >= 4 is 54.9 Å². The fourth-order valence-electron chi connectivity index (χ4n) is 2.48. The van der Waals surface area contributed by atoms with Crippen molar-refractivity contribution in [2.75, 3.05) is 20.3 Å². The fourth-order valence-corrected chi connectivity index (χ4v) is 6.49. The summed E-state index contributed by atoms with van der Waals surface area (Å²) in [6, 6.07) is 1.72. The molecule has 2 atom stereocenters. The number of hydrogen-bond acceptors (Lipinski definition) is 6. The lowest BCUT2D eigenvalue weighted by molar-refractivity contribution is 0.179. The lowest BCUT2D eigenvalue weighted by Crippen LogP contribution is -2.56. The van der Waals surface area contributed by atoms with E-state index in [1.807, 2.05) is 0 Å². The second kappa shape index (κ2) is 4.57. The summed E-state index contributed by atoms with van der Waals surface area (Å²) in [5.41, 5.74) is 4.73. The van der Waals surface area contributed by atoms with E-state index in [0.29, 0.717) is 9.90 Å². The normalized spacial score (nSPS) is 32.0. The first-order valence-electron chi connectivity index (χ1n) is 5.65. The first-order valence-corrected chi connectivity index (χ1v) is 9.14. The average molecular weight is 401 g/mol. The molecule has 1 saturated heterocycles. The van der Waals surface area contributed by atoms with Crippen LogP contribution >= 0.6 is 38.9 Å². The van der Waals surface area contributed by atoms with Crippen LogP contribution in [0.15, 0.2) is 14.8 Å². The van der Waals surface area contributed by atoms with Crippen LogP contribution in [0.2, 0.25) is 5.02 Å². The monoisotopic (exact) mass is 399 g/mol. The number of thiophene rings is 1. The third kappa shape index (κ3) is 1.83. The Morgan fingerprint density at radius 2 is 2.40 bits per heavy atom. The van der Waals surface area contributed by atoms with Crippen molar-refractivity contribution in [3.05, 3.63) is 19.8 Å². The van der Waals surface area contributed by atoms with Gasteiger partial charge in [-0.1, -0.05) is 11.6 Å². The Hall–Kier alpha value is -0.350. The number of aliphatic imine (C=N–C) groups is 1. The molecule has 0 aliphatic carbocycles. The van der Waals surface area contributed by atoms with Crippen molar-refractivity contribution in [1.82, 2.24) is 4.31 Å². The Bertz CT molecular complexity index is 705. The van der Waals surface area contributed by atoms with Crippen LogP contribution in [0.25, 0.3) is 0 Å². The van der Waals surface area contributed by atoms with Crippen LogP contribution in [0.5, 0.6) is 0 Å². The molecule has 1 aromatic heterocycles. The summed E-state index contributed by atoms with van der Waals surface area (Å²) in [6.07, 6.45) is 0. The van der Waals surface area contributed by atoms with E-state index in [-0.39, 0.29) is 19.2 Å². The van der Waals surface area contributed by atoms with Crippen molar-refractivity contribution in [2.45, 2.75) is 10.8 Å². The number of guanidine groups is 1. The summed E-state index contributed by atoms with van der Waals surface area (Å²) < 4.78 is 32.3. The molecule has 3 heterocycles. The van der Waals surface area contributed by atoms with Crippen LogP contribution in [0, 0.1) is 0 Å². The van der Waals surface area contributed by atoms with Gasteiger partial charge in [-0.25, -0.2) is 17.7 Å². The van der Waals surface area contributed by atoms with Crippen molar-refractivity contribution < 1.29 is 13.2 Å². The number of rotatable bonds is 1. The number of sulfonamides is 1. The second-order valence-corrected chi connectivity index (χ2v) is 9.62. The van der Waals surface area contributed by atoms with Gasteiger partial charge in [-0.3, -0.25) is 0 Å². The lowest BCUT2D eigenvalue weighted by atomic mass is 9.96. The molecule has 0 saturated carbocycles. The maximum absolute atomic E-state index is 12.5. The lowest BCUT2D eigenvalue weighted by Gasteiger charge is -2.37. The SMILES string of the molecule is CN1C(N)=N[C@@]2(c3sc(Br)cc3Cl)COCC2S1(=O)=O. The molecule has 110 valence electrons. The van der Waals surface area contributed by atoms with E-state index in [1.165, 1.54) is 18.4 Å². The zero-order valence-electron chi connectivity index (χ0n) is 10.3. The van der Waals surface area contributed by atoms with Crippen LogP contribution in [0.1, 0.15) is 4.88 Å². The molecule has 0 bridgehead atoms. The number of halogens is 2. The van der Waals surface area contributed by atoms with Crippen LogP contribution in [-0.2, 0) is 20.3 Å². The fraction of sp³-hybridized carbons (Fsp3) is 0.500.